The summed E-state index contributed by atoms with van der Waals surface area (Å²) in [6.07, 6.45) is 0. The monoisotopic (exact) mass is 398 g/mol. The van der Waals surface area contributed by atoms with Crippen LogP contribution in [0.25, 0.3) is 10.4 Å². The van der Waals surface area contributed by atoms with E-state index in [4.69, 9.17) is 9.47 Å². The van der Waals surface area contributed by atoms with Crippen molar-refractivity contribution in [3.05, 3.63) is 35.2 Å². The maximum Gasteiger partial charge on any atom is 0.261 e. The molecule has 142 valence electrons. The SMILES string of the molecule is COc1cc(-c2ccc(C(=O)NCCN3CCOCC3)s2)ccc1O.Cl. The van der Waals surface area contributed by atoms with Crippen molar-refractivity contribution in [3.8, 4) is 21.9 Å². The number of nitrogens with one attached hydrogen (secondary N) is 1. The van der Waals surface area contributed by atoms with Gasteiger partial charge in [0.25, 0.3) is 5.91 Å². The van der Waals surface area contributed by atoms with Crippen molar-refractivity contribution in [2.75, 3.05) is 46.5 Å². The Morgan fingerprint density at radius 1 is 1.31 bits per heavy atom. The molecule has 1 amide bonds. The molecule has 1 aliphatic heterocycles. The molecule has 1 aliphatic rings. The van der Waals surface area contributed by atoms with E-state index in [1.54, 1.807) is 12.1 Å². The number of amides is 1. The van der Waals surface area contributed by atoms with Crippen LogP contribution < -0.4 is 10.1 Å². The molecular formula is C18H23ClN2O4S. The van der Waals surface area contributed by atoms with Crippen LogP contribution in [0.4, 0.5) is 0 Å². The van der Waals surface area contributed by atoms with E-state index in [9.17, 15) is 9.90 Å². The first-order valence-corrected chi connectivity index (χ1v) is 9.04. The molecule has 26 heavy (non-hydrogen) atoms. The molecule has 1 fully saturated rings. The molecule has 0 radical (unpaired) electrons. The number of halogens is 1. The van der Waals surface area contributed by atoms with Gasteiger partial charge in [-0.15, -0.1) is 23.7 Å². The van der Waals surface area contributed by atoms with Gasteiger partial charge in [0.05, 0.1) is 25.2 Å². The lowest BCUT2D eigenvalue weighted by Gasteiger charge is -2.26. The van der Waals surface area contributed by atoms with Gasteiger partial charge < -0.3 is 19.9 Å². The fraction of sp³-hybridized carbons (Fsp3) is 0.389. The Hall–Kier alpha value is -1.80. The lowest BCUT2D eigenvalue weighted by molar-refractivity contribution is 0.0383. The lowest BCUT2D eigenvalue weighted by atomic mass is 10.1. The molecule has 1 aromatic heterocycles. The molecule has 3 rings (SSSR count). The summed E-state index contributed by atoms with van der Waals surface area (Å²) < 4.78 is 10.4. The van der Waals surface area contributed by atoms with Crippen LogP contribution in [0.1, 0.15) is 9.67 Å². The molecule has 1 aromatic carbocycles. The molecular weight excluding hydrogens is 376 g/mol. The molecule has 0 saturated carbocycles. The van der Waals surface area contributed by atoms with Crippen molar-refractivity contribution in [1.29, 1.82) is 0 Å². The minimum absolute atomic E-state index is 0. The normalized spacial score (nSPS) is 14.5. The predicted molar refractivity (Wildman–Crippen MR) is 105 cm³/mol. The largest absolute Gasteiger partial charge is 0.504 e. The molecule has 2 N–H and O–H groups in total. The second kappa shape index (κ2) is 9.78. The van der Waals surface area contributed by atoms with Crippen LogP contribution in [0.2, 0.25) is 0 Å². The molecule has 0 atom stereocenters. The van der Waals surface area contributed by atoms with Crippen LogP contribution in [0.15, 0.2) is 30.3 Å². The summed E-state index contributed by atoms with van der Waals surface area (Å²) in [5, 5.41) is 12.6. The number of rotatable bonds is 6. The Bertz CT molecular complexity index is 732. The highest BCUT2D eigenvalue weighted by Crippen LogP contribution is 2.34. The van der Waals surface area contributed by atoms with Crippen LogP contribution in [0, 0.1) is 0 Å². The van der Waals surface area contributed by atoms with Gasteiger partial charge in [-0.25, -0.2) is 0 Å². The number of benzene rings is 1. The number of ether oxygens (including phenoxy) is 2. The number of phenolic OH excluding ortho intramolecular Hbond substituents is 1. The standard InChI is InChI=1S/C18H22N2O4S.ClH/c1-23-15-12-13(2-3-14(15)21)16-4-5-17(25-16)18(22)19-6-7-20-8-10-24-11-9-20;/h2-5,12,21H,6-11H2,1H3,(H,19,22);1H. The number of nitrogens with zero attached hydrogens (tertiary/aromatic N) is 1. The van der Waals surface area contributed by atoms with Crippen molar-refractivity contribution in [3.63, 3.8) is 0 Å². The van der Waals surface area contributed by atoms with E-state index in [2.05, 4.69) is 10.2 Å². The van der Waals surface area contributed by atoms with E-state index in [1.807, 2.05) is 18.2 Å². The van der Waals surface area contributed by atoms with Crippen molar-refractivity contribution < 1.29 is 19.4 Å². The number of carbonyl (C=O) groups is 1. The van der Waals surface area contributed by atoms with E-state index in [0.717, 1.165) is 43.3 Å². The number of aromatic hydroxyl groups is 1. The van der Waals surface area contributed by atoms with Gasteiger partial charge in [0.2, 0.25) is 0 Å². The fourth-order valence-electron chi connectivity index (χ4n) is 2.69. The van der Waals surface area contributed by atoms with Gasteiger partial charge in [0.1, 0.15) is 0 Å². The number of methoxy groups -OCH3 is 1. The molecule has 2 heterocycles. The highest BCUT2D eigenvalue weighted by atomic mass is 35.5. The zero-order valence-electron chi connectivity index (χ0n) is 14.6. The Morgan fingerprint density at radius 3 is 2.81 bits per heavy atom. The van der Waals surface area contributed by atoms with Gasteiger partial charge in [-0.05, 0) is 35.9 Å². The quantitative estimate of drug-likeness (QED) is 0.782. The number of phenols is 1. The van der Waals surface area contributed by atoms with Gasteiger partial charge in [0.15, 0.2) is 11.5 Å². The first-order chi connectivity index (χ1) is 12.2. The van der Waals surface area contributed by atoms with E-state index >= 15 is 0 Å². The maximum atomic E-state index is 12.3. The molecule has 0 spiro atoms. The van der Waals surface area contributed by atoms with E-state index < -0.39 is 0 Å². The zero-order chi connectivity index (χ0) is 17.6. The summed E-state index contributed by atoms with van der Waals surface area (Å²) in [5.41, 5.74) is 0.909. The van der Waals surface area contributed by atoms with Crippen LogP contribution in [0.5, 0.6) is 11.5 Å². The lowest BCUT2D eigenvalue weighted by Crippen LogP contribution is -2.41. The Kier molecular flexibility index (Phi) is 7.71. The summed E-state index contributed by atoms with van der Waals surface area (Å²) in [6.45, 7) is 4.82. The number of hydrogen-bond donors (Lipinski definition) is 2. The molecule has 0 aliphatic carbocycles. The molecule has 2 aromatic rings. The topological polar surface area (TPSA) is 71.0 Å². The van der Waals surface area contributed by atoms with Gasteiger partial charge in [-0.3, -0.25) is 9.69 Å². The van der Waals surface area contributed by atoms with Crippen LogP contribution in [0.3, 0.4) is 0 Å². The maximum absolute atomic E-state index is 12.3. The molecule has 0 bridgehead atoms. The third-order valence-electron chi connectivity index (χ3n) is 4.11. The predicted octanol–water partition coefficient (Wildman–Crippen LogP) is 2.61. The summed E-state index contributed by atoms with van der Waals surface area (Å²) in [6, 6.07) is 8.90. The molecule has 8 heteroatoms. The average Bonchev–Trinajstić information content (AvgIpc) is 3.13. The van der Waals surface area contributed by atoms with Crippen LogP contribution in [-0.2, 0) is 4.74 Å². The van der Waals surface area contributed by atoms with Crippen molar-refractivity contribution in [2.24, 2.45) is 0 Å². The average molecular weight is 399 g/mol. The van der Waals surface area contributed by atoms with Crippen LogP contribution >= 0.6 is 23.7 Å². The highest BCUT2D eigenvalue weighted by molar-refractivity contribution is 7.17. The smallest absolute Gasteiger partial charge is 0.261 e. The van der Waals surface area contributed by atoms with Gasteiger partial charge in [-0.1, -0.05) is 0 Å². The van der Waals surface area contributed by atoms with Gasteiger partial charge >= 0.3 is 0 Å². The first-order valence-electron chi connectivity index (χ1n) is 8.23. The number of carbonyl (C=O) groups excluding carboxylic acids is 1. The summed E-state index contributed by atoms with van der Waals surface area (Å²) in [4.78, 5) is 16.2. The Balaban J connectivity index is 0.00000243. The minimum Gasteiger partial charge on any atom is -0.504 e. The van der Waals surface area contributed by atoms with Crippen LogP contribution in [-0.4, -0.2) is 62.4 Å². The second-order valence-electron chi connectivity index (χ2n) is 5.76. The summed E-state index contributed by atoms with van der Waals surface area (Å²) in [7, 11) is 1.51. The van der Waals surface area contributed by atoms with E-state index in [0.29, 0.717) is 17.2 Å². The fourth-order valence-corrected chi connectivity index (χ4v) is 3.60. The summed E-state index contributed by atoms with van der Waals surface area (Å²) >= 11 is 1.42. The Labute approximate surface area is 163 Å². The second-order valence-corrected chi connectivity index (χ2v) is 6.84. The zero-order valence-corrected chi connectivity index (χ0v) is 16.2. The van der Waals surface area contributed by atoms with E-state index in [-0.39, 0.29) is 24.1 Å². The summed E-state index contributed by atoms with van der Waals surface area (Å²) in [5.74, 6) is 0.460. The number of morpholine rings is 1. The molecule has 6 nitrogen and oxygen atoms in total. The number of thiophene rings is 1. The molecule has 0 unspecified atom stereocenters. The minimum atomic E-state index is -0.0600. The van der Waals surface area contributed by atoms with Crippen molar-refractivity contribution >= 4 is 29.7 Å². The van der Waals surface area contributed by atoms with Gasteiger partial charge in [-0.2, -0.15) is 0 Å². The third-order valence-corrected chi connectivity index (χ3v) is 5.24. The number of hydrogen-bond acceptors (Lipinski definition) is 6. The molecule has 1 saturated heterocycles. The van der Waals surface area contributed by atoms with Crippen molar-refractivity contribution in [2.45, 2.75) is 0 Å². The van der Waals surface area contributed by atoms with Crippen molar-refractivity contribution in [1.82, 2.24) is 10.2 Å². The Morgan fingerprint density at radius 2 is 2.08 bits per heavy atom. The van der Waals surface area contributed by atoms with E-state index in [1.165, 1.54) is 18.4 Å². The highest BCUT2D eigenvalue weighted by Gasteiger charge is 2.13. The third kappa shape index (κ3) is 5.11. The first kappa shape index (κ1) is 20.5. The van der Waals surface area contributed by atoms with Gasteiger partial charge in [0, 0.05) is 31.1 Å².